The van der Waals surface area contributed by atoms with Crippen LogP contribution >= 0.6 is 0 Å². The number of Topliss-reactive ketones (excluding diaryl/α,β-unsaturated/α-hetero) is 2. The van der Waals surface area contributed by atoms with E-state index in [4.69, 9.17) is 9.15 Å². The van der Waals surface area contributed by atoms with E-state index in [9.17, 15) is 19.2 Å². The monoisotopic (exact) mass is 477 g/mol. The summed E-state index contributed by atoms with van der Waals surface area (Å²) in [6, 6.07) is 24.2. The number of carbonyl (C=O) groups excluding carboxylic acids is 3. The highest BCUT2D eigenvalue weighted by molar-refractivity contribution is 6.31. The fourth-order valence-corrected chi connectivity index (χ4v) is 5.02. The second-order valence-corrected chi connectivity index (χ2v) is 8.75. The van der Waals surface area contributed by atoms with E-state index in [1.165, 1.54) is 6.07 Å². The summed E-state index contributed by atoms with van der Waals surface area (Å²) in [5, 5.41) is 0.553. The van der Waals surface area contributed by atoms with Crippen LogP contribution in [-0.4, -0.2) is 22.4 Å². The fraction of sp³-hybridized carbons (Fsp3) is 0.103. The zero-order valence-electron chi connectivity index (χ0n) is 19.2. The Labute approximate surface area is 205 Å². The minimum atomic E-state index is -1.84. The molecule has 2 aliphatic rings. The van der Waals surface area contributed by atoms with Gasteiger partial charge in [-0.25, -0.2) is 9.59 Å². The molecule has 0 bridgehead atoms. The molecule has 1 atom stereocenters. The second kappa shape index (κ2) is 7.88. The lowest BCUT2D eigenvalue weighted by Gasteiger charge is -2.35. The molecular formula is C29H19NO6. The Morgan fingerprint density at radius 2 is 1.58 bits per heavy atom. The molecule has 176 valence electrons. The highest BCUT2D eigenvalue weighted by Gasteiger charge is 2.62. The molecule has 0 saturated carbocycles. The van der Waals surface area contributed by atoms with Gasteiger partial charge in [0.05, 0.1) is 11.1 Å². The maximum atomic E-state index is 14.1. The number of ketones is 2. The molecule has 3 heterocycles. The zero-order valence-corrected chi connectivity index (χ0v) is 19.2. The molecule has 3 aromatic carbocycles. The number of ether oxygens (including phenoxy) is 1. The van der Waals surface area contributed by atoms with Gasteiger partial charge >= 0.3 is 11.6 Å². The van der Waals surface area contributed by atoms with Crippen LogP contribution in [-0.2, 0) is 21.8 Å². The summed E-state index contributed by atoms with van der Waals surface area (Å²) >= 11 is 0. The smallest absolute Gasteiger partial charge is 0.347 e. The van der Waals surface area contributed by atoms with E-state index >= 15 is 0 Å². The SMILES string of the molecule is CC1=C(C(=O)c2cc3ccccc3oc2=O)C(=O)[C@]2(OC(=O)c3ccccc32)N1Cc1ccccc1. The molecule has 1 aromatic heterocycles. The van der Waals surface area contributed by atoms with Crippen LogP contribution < -0.4 is 5.63 Å². The first kappa shape index (κ1) is 21.7. The maximum absolute atomic E-state index is 14.1. The van der Waals surface area contributed by atoms with Gasteiger partial charge in [0.25, 0.3) is 5.72 Å². The summed E-state index contributed by atoms with van der Waals surface area (Å²) in [5.74, 6) is -2.11. The van der Waals surface area contributed by atoms with E-state index in [-0.39, 0.29) is 23.2 Å². The third-order valence-electron chi connectivity index (χ3n) is 6.73. The van der Waals surface area contributed by atoms with Gasteiger partial charge in [0.15, 0.2) is 0 Å². The number of benzene rings is 3. The Morgan fingerprint density at radius 3 is 2.39 bits per heavy atom. The van der Waals surface area contributed by atoms with Crippen molar-refractivity contribution in [1.29, 1.82) is 0 Å². The molecule has 0 N–H and O–H groups in total. The molecular weight excluding hydrogens is 458 g/mol. The summed E-state index contributed by atoms with van der Waals surface area (Å²) in [5.41, 5.74) is -1.03. The van der Waals surface area contributed by atoms with Crippen molar-refractivity contribution in [3.05, 3.63) is 129 Å². The number of carbonyl (C=O) groups is 3. The first-order chi connectivity index (χ1) is 17.4. The molecule has 2 aliphatic heterocycles. The van der Waals surface area contributed by atoms with E-state index in [0.717, 1.165) is 5.56 Å². The molecule has 0 saturated heterocycles. The number of rotatable bonds is 4. The summed E-state index contributed by atoms with van der Waals surface area (Å²) in [6.07, 6.45) is 0. The Morgan fingerprint density at radius 1 is 0.889 bits per heavy atom. The van der Waals surface area contributed by atoms with Gasteiger partial charge in [0.1, 0.15) is 11.1 Å². The quantitative estimate of drug-likeness (QED) is 0.187. The highest BCUT2D eigenvalue weighted by atomic mass is 16.6. The van der Waals surface area contributed by atoms with E-state index in [2.05, 4.69) is 0 Å². The third-order valence-corrected chi connectivity index (χ3v) is 6.73. The first-order valence-electron chi connectivity index (χ1n) is 11.4. The second-order valence-electron chi connectivity index (χ2n) is 8.75. The number of allylic oxidation sites excluding steroid dienone is 1. The summed E-state index contributed by atoms with van der Waals surface area (Å²) < 4.78 is 11.2. The highest BCUT2D eigenvalue weighted by Crippen LogP contribution is 2.49. The first-order valence-corrected chi connectivity index (χ1v) is 11.4. The number of nitrogens with zero attached hydrogens (tertiary/aromatic N) is 1. The van der Waals surface area contributed by atoms with E-state index < -0.39 is 28.9 Å². The van der Waals surface area contributed by atoms with Gasteiger partial charge in [-0.1, -0.05) is 66.7 Å². The average molecular weight is 477 g/mol. The number of fused-ring (bicyclic) bond motifs is 3. The van der Waals surface area contributed by atoms with Crippen LogP contribution in [0.1, 0.15) is 38.8 Å². The number of hydrogen-bond acceptors (Lipinski definition) is 7. The molecule has 4 aromatic rings. The van der Waals surface area contributed by atoms with Crippen molar-refractivity contribution in [2.75, 3.05) is 0 Å². The number of esters is 1. The summed E-state index contributed by atoms with van der Waals surface area (Å²) in [4.78, 5) is 55.1. The van der Waals surface area contributed by atoms with E-state index in [0.29, 0.717) is 22.2 Å². The lowest BCUT2D eigenvalue weighted by molar-refractivity contribution is -0.149. The number of hydrogen-bond donors (Lipinski definition) is 0. The molecule has 0 aliphatic carbocycles. The van der Waals surface area contributed by atoms with Crippen LogP contribution in [0.5, 0.6) is 0 Å². The van der Waals surface area contributed by atoms with Gasteiger partial charge in [-0.3, -0.25) is 9.59 Å². The van der Waals surface area contributed by atoms with Crippen molar-refractivity contribution in [3.63, 3.8) is 0 Å². The van der Waals surface area contributed by atoms with E-state index in [1.54, 1.807) is 60.4 Å². The molecule has 0 amide bonds. The fourth-order valence-electron chi connectivity index (χ4n) is 5.02. The summed E-state index contributed by atoms with van der Waals surface area (Å²) in [6.45, 7) is 1.82. The van der Waals surface area contributed by atoms with Gasteiger partial charge < -0.3 is 14.1 Å². The molecule has 36 heavy (non-hydrogen) atoms. The van der Waals surface area contributed by atoms with Crippen molar-refractivity contribution in [2.24, 2.45) is 0 Å². The zero-order chi connectivity index (χ0) is 25.0. The molecule has 1 spiro atoms. The summed E-state index contributed by atoms with van der Waals surface area (Å²) in [7, 11) is 0. The predicted octanol–water partition coefficient (Wildman–Crippen LogP) is 4.36. The largest absolute Gasteiger partial charge is 0.423 e. The Balaban J connectivity index is 1.54. The lowest BCUT2D eigenvalue weighted by Crippen LogP contribution is -2.47. The van der Waals surface area contributed by atoms with E-state index in [1.807, 2.05) is 30.3 Å². The Kier molecular flexibility index (Phi) is 4.76. The average Bonchev–Trinajstić information content (AvgIpc) is 3.30. The minimum Gasteiger partial charge on any atom is -0.423 e. The van der Waals surface area contributed by atoms with Crippen molar-refractivity contribution in [2.45, 2.75) is 19.2 Å². The Bertz CT molecular complexity index is 1680. The molecule has 0 radical (unpaired) electrons. The molecule has 0 unspecified atom stereocenters. The standard InChI is InChI=1S/C29H19NO6/c1-17-24(25(31)21-15-19-11-5-8-14-23(19)35-27(21)33)26(32)29(30(17)16-18-9-3-2-4-10-18)22-13-7-6-12-20(22)28(34)36-29/h2-15H,16H2,1H3/t29-/m0/s1. The van der Waals surface area contributed by atoms with Crippen molar-refractivity contribution in [1.82, 2.24) is 4.90 Å². The van der Waals surface area contributed by atoms with Crippen molar-refractivity contribution < 1.29 is 23.5 Å². The van der Waals surface area contributed by atoms with Crippen molar-refractivity contribution >= 4 is 28.5 Å². The topological polar surface area (TPSA) is 93.9 Å². The van der Waals surface area contributed by atoms with Crippen LogP contribution in [0.25, 0.3) is 11.0 Å². The van der Waals surface area contributed by atoms with Crippen LogP contribution in [0, 0.1) is 0 Å². The van der Waals surface area contributed by atoms with Crippen molar-refractivity contribution in [3.8, 4) is 0 Å². The number of para-hydroxylation sites is 1. The van der Waals surface area contributed by atoms with Gasteiger partial charge in [0, 0.05) is 23.2 Å². The predicted molar refractivity (Wildman–Crippen MR) is 130 cm³/mol. The van der Waals surface area contributed by atoms with Crippen LogP contribution in [0.4, 0.5) is 0 Å². The molecule has 0 fully saturated rings. The van der Waals surface area contributed by atoms with Gasteiger partial charge in [0.2, 0.25) is 11.6 Å². The minimum absolute atomic E-state index is 0.198. The van der Waals surface area contributed by atoms with Gasteiger partial charge in [-0.2, -0.15) is 0 Å². The normalized spacial score (nSPS) is 18.8. The maximum Gasteiger partial charge on any atom is 0.347 e. The third kappa shape index (κ3) is 2.99. The van der Waals surface area contributed by atoms with Gasteiger partial charge in [-0.05, 0) is 30.7 Å². The molecule has 6 rings (SSSR count). The molecule has 7 nitrogen and oxygen atoms in total. The van der Waals surface area contributed by atoms with Crippen LogP contribution in [0.15, 0.2) is 105 Å². The van der Waals surface area contributed by atoms with Crippen LogP contribution in [0.3, 0.4) is 0 Å². The lowest BCUT2D eigenvalue weighted by atomic mass is 9.91. The Hall–Kier alpha value is -4.78. The van der Waals surface area contributed by atoms with Crippen LogP contribution in [0.2, 0.25) is 0 Å². The molecule has 7 heteroatoms. The van der Waals surface area contributed by atoms with Gasteiger partial charge in [-0.15, -0.1) is 0 Å².